The maximum atomic E-state index is 13.5. The number of nitrogens with zero attached hydrogens (tertiary/aromatic N) is 1. The number of nitrogens with one attached hydrogen (secondary N) is 1. The Balaban J connectivity index is 2.09. The van der Waals surface area contributed by atoms with E-state index in [2.05, 4.69) is 9.97 Å². The molecule has 2 aromatic carbocycles. The van der Waals surface area contributed by atoms with E-state index in [1.807, 2.05) is 6.07 Å². The summed E-state index contributed by atoms with van der Waals surface area (Å²) >= 11 is 0. The van der Waals surface area contributed by atoms with Crippen molar-refractivity contribution in [2.45, 2.75) is 6.10 Å². The molecule has 0 saturated heterocycles. The predicted octanol–water partition coefficient (Wildman–Crippen LogP) is 2.92. The molecule has 19 heavy (non-hydrogen) atoms. The molecule has 0 bridgehead atoms. The summed E-state index contributed by atoms with van der Waals surface area (Å²) in [6, 6.07) is 10.8. The summed E-state index contributed by atoms with van der Waals surface area (Å²) in [5.41, 5.74) is 0.872. The largest absolute Gasteiger partial charge is 0.380 e. The maximum absolute atomic E-state index is 13.5. The Morgan fingerprint density at radius 3 is 2.58 bits per heavy atom. The topological polar surface area (TPSA) is 48.9 Å². The van der Waals surface area contributed by atoms with Gasteiger partial charge in [0, 0.05) is 6.07 Å². The van der Waals surface area contributed by atoms with Crippen molar-refractivity contribution in [3.63, 3.8) is 0 Å². The van der Waals surface area contributed by atoms with Crippen LogP contribution < -0.4 is 0 Å². The number of halogens is 2. The van der Waals surface area contributed by atoms with Gasteiger partial charge in [0.25, 0.3) is 0 Å². The lowest BCUT2D eigenvalue weighted by atomic mass is 10.1. The number of imidazole rings is 1. The fourth-order valence-electron chi connectivity index (χ4n) is 1.98. The highest BCUT2D eigenvalue weighted by Gasteiger charge is 2.16. The third-order valence-corrected chi connectivity index (χ3v) is 2.90. The monoisotopic (exact) mass is 260 g/mol. The summed E-state index contributed by atoms with van der Waals surface area (Å²) < 4.78 is 26.6. The summed E-state index contributed by atoms with van der Waals surface area (Å²) in [5, 5.41) is 10.1. The van der Waals surface area contributed by atoms with Crippen LogP contribution in [0.1, 0.15) is 17.5 Å². The molecule has 0 aliphatic heterocycles. The van der Waals surface area contributed by atoms with Crippen LogP contribution in [0.15, 0.2) is 42.5 Å². The highest BCUT2D eigenvalue weighted by atomic mass is 19.1. The minimum atomic E-state index is -1.00. The summed E-state index contributed by atoms with van der Waals surface area (Å²) in [6.45, 7) is 0. The molecule has 0 saturated carbocycles. The molecule has 1 unspecified atom stereocenters. The lowest BCUT2D eigenvalue weighted by molar-refractivity contribution is 0.211. The van der Waals surface area contributed by atoms with E-state index >= 15 is 0 Å². The number of H-pyrrole nitrogens is 1. The molecular formula is C14H10F2N2O. The Labute approximate surface area is 107 Å². The predicted molar refractivity (Wildman–Crippen MR) is 66.5 cm³/mol. The van der Waals surface area contributed by atoms with Gasteiger partial charge in [-0.1, -0.05) is 30.3 Å². The van der Waals surface area contributed by atoms with Crippen molar-refractivity contribution in [3.05, 3.63) is 65.5 Å². The molecule has 5 heteroatoms. The summed E-state index contributed by atoms with van der Waals surface area (Å²) in [6.07, 6.45) is -1.00. The lowest BCUT2D eigenvalue weighted by Gasteiger charge is -2.06. The van der Waals surface area contributed by atoms with Crippen LogP contribution in [0.2, 0.25) is 0 Å². The number of rotatable bonds is 2. The molecule has 0 aliphatic carbocycles. The fourth-order valence-corrected chi connectivity index (χ4v) is 1.98. The Bertz CT molecular complexity index is 725. The molecule has 3 nitrogen and oxygen atoms in total. The van der Waals surface area contributed by atoms with Gasteiger partial charge < -0.3 is 10.1 Å². The van der Waals surface area contributed by atoms with Crippen LogP contribution in [0.25, 0.3) is 11.0 Å². The van der Waals surface area contributed by atoms with Crippen LogP contribution in [0.5, 0.6) is 0 Å². The maximum Gasteiger partial charge on any atom is 0.153 e. The number of aromatic nitrogens is 2. The molecule has 0 amide bonds. The average Bonchev–Trinajstić information content (AvgIpc) is 2.83. The number of aliphatic hydroxyl groups is 1. The highest BCUT2D eigenvalue weighted by Crippen LogP contribution is 2.24. The van der Waals surface area contributed by atoms with E-state index in [9.17, 15) is 13.9 Å². The standard InChI is InChI=1S/C14H10F2N2O/c15-9-6-10(16)12-11(7-9)17-14(18-12)13(19)8-4-2-1-3-5-8/h1-7,13,19H,(H,17,18). The zero-order chi connectivity index (χ0) is 13.4. The van der Waals surface area contributed by atoms with E-state index in [4.69, 9.17) is 0 Å². The molecule has 3 aromatic rings. The van der Waals surface area contributed by atoms with Crippen LogP contribution in [0.3, 0.4) is 0 Å². The van der Waals surface area contributed by atoms with Crippen molar-refractivity contribution in [1.29, 1.82) is 0 Å². The van der Waals surface area contributed by atoms with Crippen molar-refractivity contribution < 1.29 is 13.9 Å². The van der Waals surface area contributed by atoms with E-state index in [1.54, 1.807) is 24.3 Å². The first-order valence-electron chi connectivity index (χ1n) is 5.73. The molecule has 0 radical (unpaired) electrons. The van der Waals surface area contributed by atoms with Gasteiger partial charge >= 0.3 is 0 Å². The second kappa shape index (κ2) is 4.44. The lowest BCUT2D eigenvalue weighted by Crippen LogP contribution is -2.01. The molecule has 1 atom stereocenters. The first kappa shape index (κ1) is 11.8. The second-order valence-corrected chi connectivity index (χ2v) is 4.22. The summed E-state index contributed by atoms with van der Waals surface area (Å²) in [7, 11) is 0. The molecule has 2 N–H and O–H groups in total. The zero-order valence-electron chi connectivity index (χ0n) is 9.77. The number of benzene rings is 2. The van der Waals surface area contributed by atoms with Crippen molar-refractivity contribution in [2.24, 2.45) is 0 Å². The minimum absolute atomic E-state index is 0.0198. The fraction of sp³-hybridized carbons (Fsp3) is 0.0714. The smallest absolute Gasteiger partial charge is 0.153 e. The first-order chi connectivity index (χ1) is 9.15. The quantitative estimate of drug-likeness (QED) is 0.744. The number of hydrogen-bond donors (Lipinski definition) is 2. The molecule has 0 spiro atoms. The van der Waals surface area contributed by atoms with E-state index in [0.29, 0.717) is 5.56 Å². The van der Waals surface area contributed by atoms with Gasteiger partial charge in [0.05, 0.1) is 5.52 Å². The van der Waals surface area contributed by atoms with Crippen LogP contribution in [0, 0.1) is 11.6 Å². The van der Waals surface area contributed by atoms with Crippen molar-refractivity contribution in [1.82, 2.24) is 9.97 Å². The highest BCUT2D eigenvalue weighted by molar-refractivity contribution is 5.76. The van der Waals surface area contributed by atoms with Gasteiger partial charge in [0.15, 0.2) is 5.82 Å². The molecular weight excluding hydrogens is 250 g/mol. The van der Waals surface area contributed by atoms with Crippen LogP contribution in [-0.4, -0.2) is 15.1 Å². The average molecular weight is 260 g/mol. The van der Waals surface area contributed by atoms with Gasteiger partial charge in [0.1, 0.15) is 23.3 Å². The van der Waals surface area contributed by atoms with Crippen molar-refractivity contribution in [2.75, 3.05) is 0 Å². The van der Waals surface area contributed by atoms with E-state index < -0.39 is 17.7 Å². The molecule has 0 fully saturated rings. The number of hydrogen-bond acceptors (Lipinski definition) is 2. The normalized spacial score (nSPS) is 12.8. The van der Waals surface area contributed by atoms with Crippen LogP contribution in [-0.2, 0) is 0 Å². The Morgan fingerprint density at radius 1 is 1.11 bits per heavy atom. The van der Waals surface area contributed by atoms with Gasteiger partial charge in [-0.3, -0.25) is 0 Å². The summed E-state index contributed by atoms with van der Waals surface area (Å²) in [4.78, 5) is 6.72. The van der Waals surface area contributed by atoms with Gasteiger partial charge in [-0.05, 0) is 11.6 Å². The number of fused-ring (bicyclic) bond motifs is 1. The Kier molecular flexibility index (Phi) is 2.76. The third kappa shape index (κ3) is 2.08. The number of aromatic amines is 1. The van der Waals surface area contributed by atoms with E-state index in [-0.39, 0.29) is 16.9 Å². The molecule has 1 aromatic heterocycles. The minimum Gasteiger partial charge on any atom is -0.380 e. The second-order valence-electron chi connectivity index (χ2n) is 4.22. The third-order valence-electron chi connectivity index (χ3n) is 2.90. The molecule has 1 heterocycles. The van der Waals surface area contributed by atoms with E-state index in [0.717, 1.165) is 12.1 Å². The molecule has 3 rings (SSSR count). The van der Waals surface area contributed by atoms with Crippen LogP contribution in [0.4, 0.5) is 8.78 Å². The van der Waals surface area contributed by atoms with Gasteiger partial charge in [0.2, 0.25) is 0 Å². The van der Waals surface area contributed by atoms with Gasteiger partial charge in [-0.25, -0.2) is 13.8 Å². The Hall–Kier alpha value is -2.27. The van der Waals surface area contributed by atoms with Crippen molar-refractivity contribution in [3.8, 4) is 0 Å². The molecule has 96 valence electrons. The van der Waals surface area contributed by atoms with Gasteiger partial charge in [-0.15, -0.1) is 0 Å². The van der Waals surface area contributed by atoms with Crippen LogP contribution >= 0.6 is 0 Å². The van der Waals surface area contributed by atoms with E-state index in [1.165, 1.54) is 0 Å². The summed E-state index contributed by atoms with van der Waals surface area (Å²) in [5.74, 6) is -1.25. The van der Waals surface area contributed by atoms with Crippen molar-refractivity contribution >= 4 is 11.0 Å². The zero-order valence-corrected chi connectivity index (χ0v) is 9.77. The first-order valence-corrected chi connectivity index (χ1v) is 5.73. The Morgan fingerprint density at radius 2 is 1.84 bits per heavy atom. The van der Waals surface area contributed by atoms with Gasteiger partial charge in [-0.2, -0.15) is 0 Å². The molecule has 0 aliphatic rings. The SMILES string of the molecule is OC(c1ccccc1)c1nc2c(F)cc(F)cc2[nH]1. The number of aliphatic hydroxyl groups excluding tert-OH is 1.